The van der Waals surface area contributed by atoms with E-state index in [9.17, 15) is 0 Å². The van der Waals surface area contributed by atoms with Crippen LogP contribution in [0.2, 0.25) is 0 Å². The molecule has 3 aromatic heterocycles. The Morgan fingerprint density at radius 3 is 2.88 bits per heavy atom. The molecule has 0 amide bonds. The van der Waals surface area contributed by atoms with Crippen LogP contribution in [-0.4, -0.2) is 32.8 Å². The Morgan fingerprint density at radius 2 is 1.96 bits per heavy atom. The first-order valence-corrected chi connectivity index (χ1v) is 8.51. The molecule has 1 fully saturated rings. The largest absolute Gasteiger partial charge is 0.339 e. The van der Waals surface area contributed by atoms with Crippen LogP contribution in [0.4, 0.5) is 0 Å². The van der Waals surface area contributed by atoms with E-state index in [1.165, 1.54) is 16.3 Å². The first-order chi connectivity index (χ1) is 11.9. The first-order valence-electron chi connectivity index (χ1n) is 8.51. The molecule has 5 nitrogen and oxygen atoms in total. The first kappa shape index (κ1) is 13.7. The van der Waals surface area contributed by atoms with Gasteiger partial charge in [0.25, 0.3) is 0 Å². The zero-order valence-electron chi connectivity index (χ0n) is 13.4. The summed E-state index contributed by atoms with van der Waals surface area (Å²) >= 11 is 0. The van der Waals surface area contributed by atoms with Crippen molar-refractivity contribution in [1.82, 2.24) is 25.1 Å². The standard InChI is InChI=1S/C19H19N5/c1-2-4-17-16(3-1)18-15(7-10-21-19(18)23-17)13-11-22-24(12-13)14-5-8-20-9-6-14/h1-4,7,10-12,14,20H,5-6,8-9H2,(H,21,23). The van der Waals surface area contributed by atoms with Crippen molar-refractivity contribution in [2.75, 3.05) is 13.1 Å². The van der Waals surface area contributed by atoms with Crippen LogP contribution in [0.15, 0.2) is 48.9 Å². The molecule has 4 aromatic rings. The smallest absolute Gasteiger partial charge is 0.138 e. The highest BCUT2D eigenvalue weighted by molar-refractivity contribution is 6.12. The number of nitrogens with zero attached hydrogens (tertiary/aromatic N) is 3. The van der Waals surface area contributed by atoms with E-state index < -0.39 is 0 Å². The van der Waals surface area contributed by atoms with Crippen molar-refractivity contribution in [3.05, 3.63) is 48.9 Å². The number of hydrogen-bond donors (Lipinski definition) is 2. The summed E-state index contributed by atoms with van der Waals surface area (Å²) < 4.78 is 2.14. The number of H-pyrrole nitrogens is 1. The summed E-state index contributed by atoms with van der Waals surface area (Å²) in [6.07, 6.45) is 8.32. The number of rotatable bonds is 2. The highest BCUT2D eigenvalue weighted by atomic mass is 15.3. The predicted molar refractivity (Wildman–Crippen MR) is 96.0 cm³/mol. The third kappa shape index (κ3) is 2.12. The molecule has 120 valence electrons. The highest BCUT2D eigenvalue weighted by Crippen LogP contribution is 2.33. The Labute approximate surface area is 139 Å². The van der Waals surface area contributed by atoms with Crippen LogP contribution in [0.5, 0.6) is 0 Å². The molecule has 5 heteroatoms. The number of fused-ring (bicyclic) bond motifs is 3. The molecule has 0 aliphatic carbocycles. The van der Waals surface area contributed by atoms with Gasteiger partial charge in [0.1, 0.15) is 5.65 Å². The monoisotopic (exact) mass is 317 g/mol. The minimum atomic E-state index is 0.500. The molecule has 1 aliphatic rings. The number of para-hydroxylation sites is 1. The fourth-order valence-electron chi connectivity index (χ4n) is 3.76. The molecule has 4 heterocycles. The molecule has 0 radical (unpaired) electrons. The Morgan fingerprint density at radius 1 is 1.08 bits per heavy atom. The number of aromatic amines is 1. The molecule has 2 N–H and O–H groups in total. The summed E-state index contributed by atoms with van der Waals surface area (Å²) in [4.78, 5) is 7.92. The van der Waals surface area contributed by atoms with Gasteiger partial charge in [-0.05, 0) is 43.6 Å². The quantitative estimate of drug-likeness (QED) is 0.595. The summed E-state index contributed by atoms with van der Waals surface area (Å²) in [5.41, 5.74) is 4.41. The van der Waals surface area contributed by atoms with Gasteiger partial charge < -0.3 is 10.3 Å². The number of hydrogen-bond acceptors (Lipinski definition) is 3. The minimum Gasteiger partial charge on any atom is -0.339 e. The van der Waals surface area contributed by atoms with Gasteiger partial charge in [-0.2, -0.15) is 5.10 Å². The zero-order chi connectivity index (χ0) is 15.9. The van der Waals surface area contributed by atoms with Crippen LogP contribution in [0.1, 0.15) is 18.9 Å². The van der Waals surface area contributed by atoms with Gasteiger partial charge in [0.15, 0.2) is 0 Å². The molecule has 0 unspecified atom stereocenters. The van der Waals surface area contributed by atoms with E-state index in [0.29, 0.717) is 6.04 Å². The number of piperidine rings is 1. The summed E-state index contributed by atoms with van der Waals surface area (Å²) in [6.45, 7) is 2.14. The van der Waals surface area contributed by atoms with E-state index in [4.69, 9.17) is 0 Å². The van der Waals surface area contributed by atoms with Gasteiger partial charge in [0, 0.05) is 34.2 Å². The fourth-order valence-corrected chi connectivity index (χ4v) is 3.76. The van der Waals surface area contributed by atoms with Crippen molar-refractivity contribution < 1.29 is 0 Å². The van der Waals surface area contributed by atoms with Gasteiger partial charge in [-0.1, -0.05) is 18.2 Å². The second-order valence-corrected chi connectivity index (χ2v) is 6.44. The van der Waals surface area contributed by atoms with Crippen LogP contribution in [-0.2, 0) is 0 Å². The minimum absolute atomic E-state index is 0.500. The van der Waals surface area contributed by atoms with Gasteiger partial charge in [0.05, 0.1) is 12.2 Å². The van der Waals surface area contributed by atoms with Crippen molar-refractivity contribution in [1.29, 1.82) is 0 Å². The van der Waals surface area contributed by atoms with Gasteiger partial charge in [-0.25, -0.2) is 4.98 Å². The Bertz CT molecular complexity index is 1010. The second-order valence-electron chi connectivity index (χ2n) is 6.44. The third-order valence-corrected chi connectivity index (χ3v) is 5.00. The molecule has 1 aromatic carbocycles. The lowest BCUT2D eigenvalue weighted by atomic mass is 10.0. The lowest BCUT2D eigenvalue weighted by molar-refractivity contribution is 0.343. The summed E-state index contributed by atoms with van der Waals surface area (Å²) in [7, 11) is 0. The van der Waals surface area contributed by atoms with Crippen molar-refractivity contribution >= 4 is 21.9 Å². The molecular weight excluding hydrogens is 298 g/mol. The number of pyridine rings is 1. The lowest BCUT2D eigenvalue weighted by Crippen LogP contribution is -2.29. The average Bonchev–Trinajstić information content (AvgIpc) is 3.27. The van der Waals surface area contributed by atoms with Crippen molar-refractivity contribution in [3.8, 4) is 11.1 Å². The Hall–Kier alpha value is -2.66. The molecule has 1 saturated heterocycles. The SMILES string of the molecule is c1ccc2c(c1)[nH]c1nccc(-c3cnn(C4CCNCC4)c3)c12. The van der Waals surface area contributed by atoms with Crippen LogP contribution < -0.4 is 5.32 Å². The predicted octanol–water partition coefficient (Wildman–Crippen LogP) is 3.50. The highest BCUT2D eigenvalue weighted by Gasteiger charge is 2.17. The Kier molecular flexibility index (Phi) is 3.13. The van der Waals surface area contributed by atoms with Crippen molar-refractivity contribution in [2.24, 2.45) is 0 Å². The fraction of sp³-hybridized carbons (Fsp3) is 0.263. The molecule has 0 bridgehead atoms. The topological polar surface area (TPSA) is 58.5 Å². The van der Waals surface area contributed by atoms with Crippen molar-refractivity contribution in [3.63, 3.8) is 0 Å². The van der Waals surface area contributed by atoms with E-state index in [-0.39, 0.29) is 0 Å². The van der Waals surface area contributed by atoms with Crippen LogP contribution >= 0.6 is 0 Å². The average molecular weight is 317 g/mol. The molecule has 0 atom stereocenters. The number of aromatic nitrogens is 4. The second kappa shape index (κ2) is 5.46. The normalized spacial score (nSPS) is 16.2. The number of nitrogens with one attached hydrogen (secondary N) is 2. The molecule has 0 spiro atoms. The van der Waals surface area contributed by atoms with E-state index in [1.54, 1.807) is 0 Å². The molecule has 1 aliphatic heterocycles. The summed E-state index contributed by atoms with van der Waals surface area (Å²) in [5.74, 6) is 0. The van der Waals surface area contributed by atoms with E-state index >= 15 is 0 Å². The molecular formula is C19H19N5. The number of benzene rings is 1. The molecule has 5 rings (SSSR count). The van der Waals surface area contributed by atoms with Gasteiger partial charge in [0.2, 0.25) is 0 Å². The van der Waals surface area contributed by atoms with Crippen LogP contribution in [0.3, 0.4) is 0 Å². The molecule has 0 saturated carbocycles. The maximum absolute atomic E-state index is 4.65. The van der Waals surface area contributed by atoms with E-state index in [0.717, 1.165) is 42.7 Å². The van der Waals surface area contributed by atoms with Crippen molar-refractivity contribution in [2.45, 2.75) is 18.9 Å². The van der Waals surface area contributed by atoms with Gasteiger partial charge in [-0.3, -0.25) is 4.68 Å². The molecule has 24 heavy (non-hydrogen) atoms. The lowest BCUT2D eigenvalue weighted by Gasteiger charge is -2.22. The van der Waals surface area contributed by atoms with E-state index in [1.807, 2.05) is 18.5 Å². The van der Waals surface area contributed by atoms with Gasteiger partial charge >= 0.3 is 0 Å². The summed E-state index contributed by atoms with van der Waals surface area (Å²) in [5, 5.41) is 10.4. The third-order valence-electron chi connectivity index (χ3n) is 5.00. The van der Waals surface area contributed by atoms with Crippen LogP contribution in [0, 0.1) is 0 Å². The van der Waals surface area contributed by atoms with Gasteiger partial charge in [-0.15, -0.1) is 0 Å². The zero-order valence-corrected chi connectivity index (χ0v) is 13.4. The Balaban J connectivity index is 1.65. The van der Waals surface area contributed by atoms with Crippen LogP contribution in [0.25, 0.3) is 33.1 Å². The van der Waals surface area contributed by atoms with E-state index in [2.05, 4.69) is 55.5 Å². The summed E-state index contributed by atoms with van der Waals surface area (Å²) in [6, 6.07) is 11.0. The maximum atomic E-state index is 4.65. The maximum Gasteiger partial charge on any atom is 0.138 e.